The van der Waals surface area contributed by atoms with Gasteiger partial charge in [-0.15, -0.1) is 0 Å². The molecule has 1 N–H and O–H groups in total. The fourth-order valence-corrected chi connectivity index (χ4v) is 4.11. The molecule has 2 aromatic heterocycles. The number of benzene rings is 1. The van der Waals surface area contributed by atoms with Crippen LogP contribution in [0.3, 0.4) is 0 Å². The van der Waals surface area contributed by atoms with Crippen molar-refractivity contribution in [2.75, 3.05) is 31.1 Å². The molecule has 152 valence electrons. The molecular weight excluding hydrogens is 364 g/mol. The predicted molar refractivity (Wildman–Crippen MR) is 113 cm³/mol. The Morgan fingerprint density at radius 3 is 2.72 bits per heavy atom. The molecule has 1 aliphatic carbocycles. The quantitative estimate of drug-likeness (QED) is 0.694. The highest BCUT2D eigenvalue weighted by Crippen LogP contribution is 2.40. The highest BCUT2D eigenvalue weighted by molar-refractivity contribution is 5.86. The summed E-state index contributed by atoms with van der Waals surface area (Å²) in [5, 5.41) is 8.48. The van der Waals surface area contributed by atoms with Gasteiger partial charge in [-0.2, -0.15) is 5.10 Å². The standard InChI is InChI=1S/C22H28N6O/c1-15(2)29-22-19-11-18(5-6-20(19)23-14-24-22)28-9-7-27(8-10-28)13-17-12-25-26-21(17)16-3-4-16/h5-6,11-12,14-16H,3-4,7-10,13H2,1-2H3,(H,25,26). The SMILES string of the molecule is CC(C)Oc1ncnc2ccc(N3CCN(Cc4cn[nH]c4C4CC4)CC3)cc12. The van der Waals surface area contributed by atoms with Crippen LogP contribution in [0.5, 0.6) is 5.88 Å². The number of hydrogen-bond acceptors (Lipinski definition) is 6. The van der Waals surface area contributed by atoms with Gasteiger partial charge in [0.2, 0.25) is 5.88 Å². The van der Waals surface area contributed by atoms with Crippen LogP contribution < -0.4 is 9.64 Å². The molecular formula is C22H28N6O. The Labute approximate surface area is 171 Å². The molecule has 0 radical (unpaired) electrons. The van der Waals surface area contributed by atoms with Crippen molar-refractivity contribution in [3.63, 3.8) is 0 Å². The average molecular weight is 393 g/mol. The van der Waals surface area contributed by atoms with Crippen molar-refractivity contribution in [3.05, 3.63) is 42.0 Å². The molecule has 0 bridgehead atoms. The van der Waals surface area contributed by atoms with Gasteiger partial charge in [-0.3, -0.25) is 10.00 Å². The lowest BCUT2D eigenvalue weighted by molar-refractivity contribution is 0.235. The monoisotopic (exact) mass is 392 g/mol. The van der Waals surface area contributed by atoms with E-state index in [0.717, 1.165) is 49.5 Å². The molecule has 1 saturated heterocycles. The second kappa shape index (κ2) is 7.63. The predicted octanol–water partition coefficient (Wildman–Crippen LogP) is 3.34. The number of nitrogens with zero attached hydrogens (tertiary/aromatic N) is 5. The van der Waals surface area contributed by atoms with Gasteiger partial charge < -0.3 is 9.64 Å². The van der Waals surface area contributed by atoms with Gasteiger partial charge >= 0.3 is 0 Å². The van der Waals surface area contributed by atoms with Gasteiger partial charge in [-0.25, -0.2) is 9.97 Å². The highest BCUT2D eigenvalue weighted by atomic mass is 16.5. The largest absolute Gasteiger partial charge is 0.474 e. The van der Waals surface area contributed by atoms with Gasteiger partial charge in [0.1, 0.15) is 6.33 Å². The molecule has 7 nitrogen and oxygen atoms in total. The van der Waals surface area contributed by atoms with Gasteiger partial charge in [0, 0.05) is 55.6 Å². The Morgan fingerprint density at radius 2 is 1.97 bits per heavy atom. The van der Waals surface area contributed by atoms with E-state index in [1.807, 2.05) is 20.0 Å². The summed E-state index contributed by atoms with van der Waals surface area (Å²) in [7, 11) is 0. The van der Waals surface area contributed by atoms with Crippen LogP contribution >= 0.6 is 0 Å². The van der Waals surface area contributed by atoms with Crippen molar-refractivity contribution < 1.29 is 4.74 Å². The third-order valence-electron chi connectivity index (χ3n) is 5.80. The van der Waals surface area contributed by atoms with E-state index in [9.17, 15) is 0 Å². The normalized spacial score (nSPS) is 18.0. The minimum absolute atomic E-state index is 0.0868. The summed E-state index contributed by atoms with van der Waals surface area (Å²) >= 11 is 0. The summed E-state index contributed by atoms with van der Waals surface area (Å²) in [6, 6.07) is 6.40. The molecule has 1 aromatic carbocycles. The van der Waals surface area contributed by atoms with Crippen LogP contribution in [0.25, 0.3) is 10.9 Å². The third kappa shape index (κ3) is 3.92. The average Bonchev–Trinajstić information content (AvgIpc) is 3.47. The summed E-state index contributed by atoms with van der Waals surface area (Å²) in [4.78, 5) is 13.7. The molecule has 2 aliphatic rings. The molecule has 2 fully saturated rings. The first kappa shape index (κ1) is 18.4. The zero-order valence-corrected chi connectivity index (χ0v) is 17.1. The van der Waals surface area contributed by atoms with Crippen molar-refractivity contribution >= 4 is 16.6 Å². The molecule has 0 unspecified atom stereocenters. The minimum Gasteiger partial charge on any atom is -0.474 e. The van der Waals surface area contributed by atoms with Crippen LogP contribution in [0.15, 0.2) is 30.7 Å². The van der Waals surface area contributed by atoms with Crippen molar-refractivity contribution in [1.82, 2.24) is 25.1 Å². The van der Waals surface area contributed by atoms with E-state index in [0.29, 0.717) is 5.88 Å². The molecule has 5 rings (SSSR count). The summed E-state index contributed by atoms with van der Waals surface area (Å²) in [5.74, 6) is 1.38. The number of fused-ring (bicyclic) bond motifs is 1. The van der Waals surface area contributed by atoms with Crippen LogP contribution in [0, 0.1) is 0 Å². The van der Waals surface area contributed by atoms with Crippen LogP contribution in [0.4, 0.5) is 5.69 Å². The van der Waals surface area contributed by atoms with Crippen molar-refractivity contribution in [2.24, 2.45) is 0 Å². The number of H-pyrrole nitrogens is 1. The lowest BCUT2D eigenvalue weighted by Crippen LogP contribution is -2.46. The Morgan fingerprint density at radius 1 is 1.14 bits per heavy atom. The fraction of sp³-hybridized carbons (Fsp3) is 0.500. The van der Waals surface area contributed by atoms with Crippen molar-refractivity contribution in [1.29, 1.82) is 0 Å². The molecule has 3 aromatic rings. The molecule has 1 aliphatic heterocycles. The number of ether oxygens (including phenoxy) is 1. The number of nitrogens with one attached hydrogen (secondary N) is 1. The molecule has 0 amide bonds. The lowest BCUT2D eigenvalue weighted by Gasteiger charge is -2.36. The number of hydrogen-bond donors (Lipinski definition) is 1. The van der Waals surface area contributed by atoms with Gasteiger partial charge in [-0.1, -0.05) is 0 Å². The second-order valence-electron chi connectivity index (χ2n) is 8.39. The van der Waals surface area contributed by atoms with E-state index in [4.69, 9.17) is 4.74 Å². The molecule has 7 heteroatoms. The number of piperazine rings is 1. The molecule has 0 atom stereocenters. The summed E-state index contributed by atoms with van der Waals surface area (Å²) in [6.45, 7) is 9.15. The molecule has 0 spiro atoms. The first-order valence-electron chi connectivity index (χ1n) is 10.6. The zero-order chi connectivity index (χ0) is 19.8. The van der Waals surface area contributed by atoms with Gasteiger partial charge in [0.15, 0.2) is 0 Å². The van der Waals surface area contributed by atoms with E-state index in [1.165, 1.54) is 29.8 Å². The number of rotatable bonds is 6. The van der Waals surface area contributed by atoms with Crippen LogP contribution in [-0.4, -0.2) is 57.3 Å². The number of aromatic nitrogens is 4. The fourth-order valence-electron chi connectivity index (χ4n) is 4.11. The number of aromatic amines is 1. The maximum atomic E-state index is 5.89. The van der Waals surface area contributed by atoms with E-state index in [-0.39, 0.29) is 6.10 Å². The molecule has 1 saturated carbocycles. The van der Waals surface area contributed by atoms with Crippen LogP contribution in [-0.2, 0) is 6.54 Å². The summed E-state index contributed by atoms with van der Waals surface area (Å²) in [5.41, 5.74) is 4.87. The Balaban J connectivity index is 1.27. The van der Waals surface area contributed by atoms with E-state index in [2.05, 4.69) is 48.2 Å². The van der Waals surface area contributed by atoms with Crippen LogP contribution in [0.1, 0.15) is 43.9 Å². The third-order valence-corrected chi connectivity index (χ3v) is 5.80. The Hall–Kier alpha value is -2.67. The number of anilines is 1. The van der Waals surface area contributed by atoms with E-state index in [1.54, 1.807) is 6.33 Å². The maximum absolute atomic E-state index is 5.89. The lowest BCUT2D eigenvalue weighted by atomic mass is 10.1. The topological polar surface area (TPSA) is 70.2 Å². The van der Waals surface area contributed by atoms with Crippen molar-refractivity contribution in [3.8, 4) is 5.88 Å². The van der Waals surface area contributed by atoms with Gasteiger partial charge in [-0.05, 0) is 44.9 Å². The first-order chi connectivity index (χ1) is 14.2. The second-order valence-corrected chi connectivity index (χ2v) is 8.39. The summed E-state index contributed by atoms with van der Waals surface area (Å²) < 4.78 is 5.89. The Bertz CT molecular complexity index is 988. The van der Waals surface area contributed by atoms with E-state index >= 15 is 0 Å². The Kier molecular flexibility index (Phi) is 4.83. The smallest absolute Gasteiger partial charge is 0.224 e. The highest BCUT2D eigenvalue weighted by Gasteiger charge is 2.28. The van der Waals surface area contributed by atoms with Crippen LogP contribution in [0.2, 0.25) is 0 Å². The van der Waals surface area contributed by atoms with E-state index < -0.39 is 0 Å². The first-order valence-corrected chi connectivity index (χ1v) is 10.6. The van der Waals surface area contributed by atoms with Gasteiger partial charge in [0.05, 0.1) is 23.2 Å². The van der Waals surface area contributed by atoms with Crippen molar-refractivity contribution in [2.45, 2.75) is 45.3 Å². The molecule has 29 heavy (non-hydrogen) atoms. The maximum Gasteiger partial charge on any atom is 0.224 e. The van der Waals surface area contributed by atoms with Gasteiger partial charge in [0.25, 0.3) is 0 Å². The zero-order valence-electron chi connectivity index (χ0n) is 17.1. The molecule has 3 heterocycles. The minimum atomic E-state index is 0.0868. The summed E-state index contributed by atoms with van der Waals surface area (Å²) in [6.07, 6.45) is 6.28.